The predicted molar refractivity (Wildman–Crippen MR) is 67.2 cm³/mol. The Morgan fingerprint density at radius 1 is 1.35 bits per heavy atom. The molecule has 0 saturated carbocycles. The van der Waals surface area contributed by atoms with Crippen LogP contribution in [0.5, 0.6) is 5.75 Å². The Balaban J connectivity index is 2.53. The van der Waals surface area contributed by atoms with Crippen LogP contribution in [-0.2, 0) is 6.54 Å². The van der Waals surface area contributed by atoms with Gasteiger partial charge in [-0.05, 0) is 24.1 Å². The maximum absolute atomic E-state index is 9.50. The molecule has 3 N–H and O–H groups in total. The largest absolute Gasteiger partial charge is 0.508 e. The van der Waals surface area contributed by atoms with Gasteiger partial charge in [0.15, 0.2) is 0 Å². The van der Waals surface area contributed by atoms with Crippen molar-refractivity contribution in [2.24, 2.45) is 5.73 Å². The molecule has 0 fully saturated rings. The van der Waals surface area contributed by atoms with Gasteiger partial charge in [-0.1, -0.05) is 19.9 Å². The van der Waals surface area contributed by atoms with E-state index in [9.17, 15) is 5.11 Å². The number of phenols is 1. The zero-order valence-electron chi connectivity index (χ0n) is 10.1. The summed E-state index contributed by atoms with van der Waals surface area (Å²) in [5, 5.41) is 13.9. The van der Waals surface area contributed by atoms with Crippen LogP contribution < -0.4 is 5.73 Å². The van der Waals surface area contributed by atoms with E-state index in [1.807, 2.05) is 16.8 Å². The van der Waals surface area contributed by atoms with Crippen molar-refractivity contribution < 1.29 is 5.11 Å². The molecular formula is C13H17N3O. The number of hydrogen-bond acceptors (Lipinski definition) is 3. The zero-order chi connectivity index (χ0) is 12.4. The molecule has 0 unspecified atom stereocenters. The van der Waals surface area contributed by atoms with Crippen molar-refractivity contribution in [3.05, 3.63) is 41.7 Å². The summed E-state index contributed by atoms with van der Waals surface area (Å²) in [6.07, 6.45) is 0. The number of nitrogens with two attached hydrogens (primary N) is 1. The number of aromatic nitrogens is 2. The lowest BCUT2D eigenvalue weighted by molar-refractivity contribution is 0.474. The average molecular weight is 231 g/mol. The summed E-state index contributed by atoms with van der Waals surface area (Å²) in [5.74, 6) is 0.590. The van der Waals surface area contributed by atoms with Crippen LogP contribution in [0.4, 0.5) is 0 Å². The lowest BCUT2D eigenvalue weighted by atomic mass is 10.1. The minimum absolute atomic E-state index is 0.238. The Bertz CT molecular complexity index is 517. The van der Waals surface area contributed by atoms with Gasteiger partial charge in [0.1, 0.15) is 5.75 Å². The summed E-state index contributed by atoms with van der Waals surface area (Å²) in [4.78, 5) is 0. The summed E-state index contributed by atoms with van der Waals surface area (Å²) in [7, 11) is 0. The van der Waals surface area contributed by atoms with Crippen LogP contribution in [0.2, 0.25) is 0 Å². The summed E-state index contributed by atoms with van der Waals surface area (Å²) in [5.41, 5.74) is 8.42. The van der Waals surface area contributed by atoms with Crippen molar-refractivity contribution in [2.45, 2.75) is 26.3 Å². The molecule has 0 saturated heterocycles. The first-order valence-corrected chi connectivity index (χ1v) is 5.70. The number of rotatable bonds is 3. The molecule has 0 aliphatic rings. The fourth-order valence-electron chi connectivity index (χ4n) is 1.79. The van der Waals surface area contributed by atoms with Crippen LogP contribution >= 0.6 is 0 Å². The monoisotopic (exact) mass is 231 g/mol. The molecular weight excluding hydrogens is 214 g/mol. The maximum Gasteiger partial charge on any atom is 0.117 e. The van der Waals surface area contributed by atoms with Crippen LogP contribution in [-0.4, -0.2) is 14.9 Å². The van der Waals surface area contributed by atoms with E-state index in [0.29, 0.717) is 12.5 Å². The van der Waals surface area contributed by atoms with Gasteiger partial charge in [0.05, 0.1) is 11.4 Å². The van der Waals surface area contributed by atoms with Crippen molar-refractivity contribution in [3.63, 3.8) is 0 Å². The smallest absolute Gasteiger partial charge is 0.117 e. The highest BCUT2D eigenvalue weighted by molar-refractivity contribution is 5.40. The molecule has 0 radical (unpaired) electrons. The first kappa shape index (κ1) is 11.7. The fraction of sp³-hybridized carbons (Fsp3) is 0.308. The van der Waals surface area contributed by atoms with Crippen molar-refractivity contribution in [1.29, 1.82) is 0 Å². The fourth-order valence-corrected chi connectivity index (χ4v) is 1.79. The highest BCUT2D eigenvalue weighted by Gasteiger charge is 2.12. The topological polar surface area (TPSA) is 64.1 Å². The SMILES string of the molecule is CC(C)c1cc(CN)nn1-c1cccc(O)c1. The molecule has 1 heterocycles. The second kappa shape index (κ2) is 4.59. The van der Waals surface area contributed by atoms with E-state index in [0.717, 1.165) is 17.1 Å². The van der Waals surface area contributed by atoms with Crippen molar-refractivity contribution >= 4 is 0 Å². The van der Waals surface area contributed by atoms with Gasteiger partial charge < -0.3 is 10.8 Å². The molecule has 0 amide bonds. The van der Waals surface area contributed by atoms with E-state index < -0.39 is 0 Å². The van der Waals surface area contributed by atoms with Gasteiger partial charge in [0, 0.05) is 18.3 Å². The molecule has 0 spiro atoms. The van der Waals surface area contributed by atoms with Crippen LogP contribution in [0.1, 0.15) is 31.2 Å². The van der Waals surface area contributed by atoms with Gasteiger partial charge in [-0.3, -0.25) is 0 Å². The number of aromatic hydroxyl groups is 1. The van der Waals surface area contributed by atoms with Crippen molar-refractivity contribution in [3.8, 4) is 11.4 Å². The Labute approximate surface area is 101 Å². The minimum atomic E-state index is 0.238. The van der Waals surface area contributed by atoms with E-state index in [2.05, 4.69) is 18.9 Å². The molecule has 1 aromatic carbocycles. The number of benzene rings is 1. The van der Waals surface area contributed by atoms with Crippen molar-refractivity contribution in [2.75, 3.05) is 0 Å². The molecule has 2 aromatic rings. The third-order valence-corrected chi connectivity index (χ3v) is 2.66. The van der Waals surface area contributed by atoms with Gasteiger partial charge >= 0.3 is 0 Å². The minimum Gasteiger partial charge on any atom is -0.508 e. The molecule has 0 aliphatic carbocycles. The van der Waals surface area contributed by atoms with Gasteiger partial charge in [-0.2, -0.15) is 5.10 Å². The van der Waals surface area contributed by atoms with E-state index >= 15 is 0 Å². The highest BCUT2D eigenvalue weighted by atomic mass is 16.3. The molecule has 2 rings (SSSR count). The summed E-state index contributed by atoms with van der Waals surface area (Å²) >= 11 is 0. The molecule has 0 atom stereocenters. The highest BCUT2D eigenvalue weighted by Crippen LogP contribution is 2.22. The van der Waals surface area contributed by atoms with E-state index in [-0.39, 0.29) is 5.75 Å². The van der Waals surface area contributed by atoms with Crippen LogP contribution in [0.3, 0.4) is 0 Å². The van der Waals surface area contributed by atoms with Crippen LogP contribution in [0.25, 0.3) is 5.69 Å². The first-order chi connectivity index (χ1) is 8.11. The Hall–Kier alpha value is -1.81. The number of phenolic OH excluding ortho intramolecular Hbond substituents is 1. The number of hydrogen-bond donors (Lipinski definition) is 2. The van der Waals surface area contributed by atoms with Gasteiger partial charge in [-0.15, -0.1) is 0 Å². The Morgan fingerprint density at radius 3 is 2.71 bits per heavy atom. The van der Waals surface area contributed by atoms with Gasteiger partial charge in [0.2, 0.25) is 0 Å². The average Bonchev–Trinajstić information content (AvgIpc) is 2.73. The summed E-state index contributed by atoms with van der Waals surface area (Å²) in [6, 6.07) is 9.07. The lowest BCUT2D eigenvalue weighted by Gasteiger charge is -2.10. The first-order valence-electron chi connectivity index (χ1n) is 5.70. The van der Waals surface area contributed by atoms with E-state index in [1.54, 1.807) is 18.2 Å². The van der Waals surface area contributed by atoms with Crippen LogP contribution in [0.15, 0.2) is 30.3 Å². The second-order valence-electron chi connectivity index (χ2n) is 4.35. The molecule has 17 heavy (non-hydrogen) atoms. The molecule has 0 aliphatic heterocycles. The van der Waals surface area contributed by atoms with Gasteiger partial charge in [0.25, 0.3) is 0 Å². The van der Waals surface area contributed by atoms with Gasteiger partial charge in [-0.25, -0.2) is 4.68 Å². The Morgan fingerprint density at radius 2 is 2.12 bits per heavy atom. The molecule has 1 aromatic heterocycles. The Kier molecular flexibility index (Phi) is 3.15. The summed E-state index contributed by atoms with van der Waals surface area (Å²) in [6.45, 7) is 4.64. The third-order valence-electron chi connectivity index (χ3n) is 2.66. The van der Waals surface area contributed by atoms with Crippen LogP contribution in [0, 0.1) is 0 Å². The molecule has 90 valence electrons. The standard InChI is InChI=1S/C13H17N3O/c1-9(2)13-6-10(8-14)15-16(13)11-4-3-5-12(17)7-11/h3-7,9,17H,8,14H2,1-2H3. The van der Waals surface area contributed by atoms with Crippen molar-refractivity contribution in [1.82, 2.24) is 9.78 Å². The third kappa shape index (κ3) is 2.31. The maximum atomic E-state index is 9.50. The molecule has 0 bridgehead atoms. The second-order valence-corrected chi connectivity index (χ2v) is 4.35. The summed E-state index contributed by atoms with van der Waals surface area (Å²) < 4.78 is 1.84. The van der Waals surface area contributed by atoms with E-state index in [4.69, 9.17) is 5.73 Å². The quantitative estimate of drug-likeness (QED) is 0.850. The lowest BCUT2D eigenvalue weighted by Crippen LogP contribution is -2.04. The molecule has 4 heteroatoms. The number of nitrogens with zero attached hydrogens (tertiary/aromatic N) is 2. The molecule has 4 nitrogen and oxygen atoms in total. The zero-order valence-corrected chi connectivity index (χ0v) is 10.1. The predicted octanol–water partition coefficient (Wildman–Crippen LogP) is 2.16. The normalized spacial score (nSPS) is 11.1. The van der Waals surface area contributed by atoms with E-state index in [1.165, 1.54) is 0 Å².